The first-order valence-electron chi connectivity index (χ1n) is 11.3. The Morgan fingerprint density at radius 2 is 1.83 bits per heavy atom. The number of ether oxygens (including phenoxy) is 1. The molecule has 0 fully saturated rings. The van der Waals surface area contributed by atoms with E-state index in [1.807, 2.05) is 24.3 Å². The zero-order valence-corrected chi connectivity index (χ0v) is 21.1. The number of hydrogen-bond donors (Lipinski definition) is 3. The van der Waals surface area contributed by atoms with Crippen LogP contribution in [0, 0.1) is 0 Å². The fraction of sp³-hybridized carbons (Fsp3) is 0.360. The number of likely N-dealkylation sites (N-methyl/N-ethyl adjacent to an activating group) is 1. The van der Waals surface area contributed by atoms with Crippen LogP contribution in [0.3, 0.4) is 0 Å². The fourth-order valence-corrected chi connectivity index (χ4v) is 4.10. The predicted octanol–water partition coefficient (Wildman–Crippen LogP) is 6.16. The summed E-state index contributed by atoms with van der Waals surface area (Å²) >= 11 is 12.0. The lowest BCUT2D eigenvalue weighted by molar-refractivity contribution is -0.274. The molecule has 0 aromatic heterocycles. The van der Waals surface area contributed by atoms with Crippen LogP contribution in [-0.2, 0) is 13.0 Å². The first kappa shape index (κ1) is 26.9. The lowest BCUT2D eigenvalue weighted by atomic mass is 10.1. The molecule has 5 nitrogen and oxygen atoms in total. The van der Waals surface area contributed by atoms with Crippen LogP contribution in [0.4, 0.5) is 13.2 Å². The van der Waals surface area contributed by atoms with E-state index in [2.05, 4.69) is 39.1 Å². The van der Waals surface area contributed by atoms with Crippen molar-refractivity contribution in [3.05, 3.63) is 87.4 Å². The summed E-state index contributed by atoms with van der Waals surface area (Å²) in [6.07, 6.45) is -2.69. The fourth-order valence-electron chi connectivity index (χ4n) is 3.82. The molecule has 1 atom stereocenters. The summed E-state index contributed by atoms with van der Waals surface area (Å²) in [6, 6.07) is 12.0. The summed E-state index contributed by atoms with van der Waals surface area (Å²) in [7, 11) is 1.80. The molecule has 0 spiro atoms. The molecule has 10 heteroatoms. The van der Waals surface area contributed by atoms with Gasteiger partial charge in [0.2, 0.25) is 0 Å². The molecule has 0 radical (unpaired) electrons. The normalized spacial score (nSPS) is 15.7. The summed E-state index contributed by atoms with van der Waals surface area (Å²) in [5, 5.41) is 10.6. The van der Waals surface area contributed by atoms with E-state index in [-0.39, 0.29) is 11.2 Å². The number of benzene rings is 2. The molecule has 1 aliphatic heterocycles. The van der Waals surface area contributed by atoms with Gasteiger partial charge in [-0.05, 0) is 41.8 Å². The Labute approximate surface area is 213 Å². The van der Waals surface area contributed by atoms with Gasteiger partial charge in [-0.15, -0.1) is 13.2 Å². The van der Waals surface area contributed by atoms with Crippen LogP contribution in [0.1, 0.15) is 30.9 Å². The first-order chi connectivity index (χ1) is 16.6. The second-order valence-corrected chi connectivity index (χ2v) is 9.01. The summed E-state index contributed by atoms with van der Waals surface area (Å²) in [4.78, 5) is 2.13. The van der Waals surface area contributed by atoms with Gasteiger partial charge in [0, 0.05) is 31.6 Å². The smallest absolute Gasteiger partial charge is 0.404 e. The van der Waals surface area contributed by atoms with Crippen LogP contribution in [0.5, 0.6) is 5.75 Å². The molecule has 3 rings (SSSR count). The molecule has 190 valence electrons. The van der Waals surface area contributed by atoms with Gasteiger partial charge in [0.1, 0.15) is 23.4 Å². The van der Waals surface area contributed by atoms with Crippen molar-refractivity contribution in [1.29, 1.82) is 0 Å². The molecular weight excluding hydrogens is 500 g/mol. The summed E-state index contributed by atoms with van der Waals surface area (Å²) in [6.45, 7) is 7.59. The zero-order chi connectivity index (χ0) is 25.6. The average molecular weight is 529 g/mol. The maximum absolute atomic E-state index is 12.8. The van der Waals surface area contributed by atoms with Crippen LogP contribution >= 0.6 is 23.2 Å². The number of rotatable bonds is 11. The van der Waals surface area contributed by atoms with Crippen molar-refractivity contribution in [2.24, 2.45) is 0 Å². The SMILES string of the molecule is C=C(NC)C1=C(NCCCC)NC(Cc2ccc(Cl)c(OC(F)(F)F)c2)N1Cc1ccc(Cl)cc1. The Morgan fingerprint density at radius 3 is 2.46 bits per heavy atom. The molecule has 3 N–H and O–H groups in total. The largest absolute Gasteiger partial charge is 0.573 e. The highest BCUT2D eigenvalue weighted by Crippen LogP contribution is 2.33. The highest BCUT2D eigenvalue weighted by Gasteiger charge is 2.34. The van der Waals surface area contributed by atoms with E-state index in [0.717, 1.165) is 36.5 Å². The molecule has 1 aliphatic rings. The molecule has 0 amide bonds. The second kappa shape index (κ2) is 11.8. The van der Waals surface area contributed by atoms with Gasteiger partial charge in [-0.25, -0.2) is 0 Å². The second-order valence-electron chi connectivity index (χ2n) is 8.16. The van der Waals surface area contributed by atoms with E-state index in [1.165, 1.54) is 12.1 Å². The van der Waals surface area contributed by atoms with Crippen molar-refractivity contribution in [2.75, 3.05) is 13.6 Å². The minimum absolute atomic E-state index is 0.104. The lowest BCUT2D eigenvalue weighted by Gasteiger charge is -2.30. The van der Waals surface area contributed by atoms with Crippen LogP contribution in [-0.4, -0.2) is 31.0 Å². The molecule has 1 unspecified atom stereocenters. The van der Waals surface area contributed by atoms with Gasteiger partial charge in [-0.2, -0.15) is 0 Å². The van der Waals surface area contributed by atoms with Crippen molar-refractivity contribution >= 4 is 23.2 Å². The Morgan fingerprint density at radius 1 is 1.14 bits per heavy atom. The minimum atomic E-state index is -4.83. The summed E-state index contributed by atoms with van der Waals surface area (Å²) < 4.78 is 42.6. The monoisotopic (exact) mass is 528 g/mol. The van der Waals surface area contributed by atoms with Gasteiger partial charge in [-0.3, -0.25) is 0 Å². The summed E-state index contributed by atoms with van der Waals surface area (Å²) in [5.74, 6) is 0.394. The van der Waals surface area contributed by atoms with Crippen LogP contribution in [0.25, 0.3) is 0 Å². The van der Waals surface area contributed by atoms with Crippen molar-refractivity contribution in [2.45, 2.75) is 45.3 Å². The number of nitrogens with one attached hydrogen (secondary N) is 3. The Bertz CT molecular complexity index is 1060. The van der Waals surface area contributed by atoms with E-state index < -0.39 is 12.1 Å². The highest BCUT2D eigenvalue weighted by molar-refractivity contribution is 6.32. The molecule has 2 aromatic rings. The molecule has 2 aromatic carbocycles. The Hall–Kier alpha value is -2.71. The summed E-state index contributed by atoms with van der Waals surface area (Å²) in [5.41, 5.74) is 3.24. The van der Waals surface area contributed by atoms with E-state index in [9.17, 15) is 13.2 Å². The van der Waals surface area contributed by atoms with Crippen molar-refractivity contribution < 1.29 is 17.9 Å². The Balaban J connectivity index is 1.93. The van der Waals surface area contributed by atoms with Gasteiger partial charge in [0.25, 0.3) is 0 Å². The third-order valence-corrected chi connectivity index (χ3v) is 6.11. The van der Waals surface area contributed by atoms with Gasteiger partial charge >= 0.3 is 6.36 Å². The van der Waals surface area contributed by atoms with Gasteiger partial charge in [-0.1, -0.05) is 61.3 Å². The zero-order valence-electron chi connectivity index (χ0n) is 19.6. The lowest BCUT2D eigenvalue weighted by Crippen LogP contribution is -2.40. The molecule has 0 aliphatic carbocycles. The average Bonchev–Trinajstić information content (AvgIpc) is 3.12. The topological polar surface area (TPSA) is 48.6 Å². The quantitative estimate of drug-likeness (QED) is 0.305. The van der Waals surface area contributed by atoms with E-state index >= 15 is 0 Å². The van der Waals surface area contributed by atoms with E-state index in [1.54, 1.807) is 13.1 Å². The first-order valence-corrected chi connectivity index (χ1v) is 12.0. The molecule has 0 bridgehead atoms. The third kappa shape index (κ3) is 7.39. The van der Waals surface area contributed by atoms with E-state index in [0.29, 0.717) is 29.2 Å². The number of nitrogens with zero attached hydrogens (tertiary/aromatic N) is 1. The number of halogens is 5. The van der Waals surface area contributed by atoms with Crippen molar-refractivity contribution in [3.63, 3.8) is 0 Å². The van der Waals surface area contributed by atoms with E-state index in [4.69, 9.17) is 23.2 Å². The van der Waals surface area contributed by atoms with Gasteiger partial charge < -0.3 is 25.6 Å². The molecule has 35 heavy (non-hydrogen) atoms. The van der Waals surface area contributed by atoms with Gasteiger partial charge in [0.15, 0.2) is 0 Å². The number of hydrogen-bond acceptors (Lipinski definition) is 5. The minimum Gasteiger partial charge on any atom is -0.404 e. The standard InChI is InChI=1S/C25H29Cl2F3N4O/c1-4-5-12-32-24-23(16(2)31-3)34(15-17-6-9-19(26)10-7-17)22(33-24)14-18-8-11-20(27)21(13-18)35-25(28,29)30/h6-11,13,22,31-33H,2,4-5,12,14-15H2,1,3H3. The molecular formula is C25H29Cl2F3N4O. The highest BCUT2D eigenvalue weighted by atomic mass is 35.5. The number of unbranched alkanes of at least 4 members (excludes halogenated alkanes) is 1. The van der Waals surface area contributed by atoms with Gasteiger partial charge in [0.05, 0.1) is 10.7 Å². The number of alkyl halides is 3. The maximum Gasteiger partial charge on any atom is 0.573 e. The Kier molecular flexibility index (Phi) is 9.08. The molecule has 1 heterocycles. The van der Waals surface area contributed by atoms with Crippen LogP contribution in [0.2, 0.25) is 10.0 Å². The molecule has 0 saturated carbocycles. The van der Waals surface area contributed by atoms with Crippen molar-refractivity contribution in [1.82, 2.24) is 20.9 Å². The molecule has 0 saturated heterocycles. The third-order valence-electron chi connectivity index (χ3n) is 5.55. The predicted molar refractivity (Wildman–Crippen MR) is 134 cm³/mol. The van der Waals surface area contributed by atoms with Crippen LogP contribution < -0.4 is 20.7 Å². The maximum atomic E-state index is 12.8. The van der Waals surface area contributed by atoms with Crippen LogP contribution in [0.15, 0.2) is 66.3 Å². The van der Waals surface area contributed by atoms with Crippen molar-refractivity contribution in [3.8, 4) is 5.75 Å².